The number of hydrogen-bond acceptors (Lipinski definition) is 5. The lowest BCUT2D eigenvalue weighted by molar-refractivity contribution is 0.0599. The quantitative estimate of drug-likeness (QED) is 0.723. The molecule has 2 aliphatic heterocycles. The molecule has 4 rings (SSSR count). The third-order valence-electron chi connectivity index (χ3n) is 6.21. The number of carbonyl (C=O) groups is 1. The summed E-state index contributed by atoms with van der Waals surface area (Å²) in [5, 5.41) is 0.102. The molecule has 30 heavy (non-hydrogen) atoms. The molecule has 2 saturated heterocycles. The topological polar surface area (TPSA) is 84.7 Å². The van der Waals surface area contributed by atoms with E-state index >= 15 is 0 Å². The molecule has 0 saturated carbocycles. The summed E-state index contributed by atoms with van der Waals surface area (Å²) < 4.78 is 34.4. The molecule has 1 aromatic carbocycles. The van der Waals surface area contributed by atoms with E-state index in [0.29, 0.717) is 38.3 Å². The fourth-order valence-corrected chi connectivity index (χ4v) is 5.91. The average Bonchev–Trinajstić information content (AvgIpc) is 3.37. The Morgan fingerprint density at radius 1 is 1.13 bits per heavy atom. The minimum Gasteiger partial charge on any atom is -0.494 e. The van der Waals surface area contributed by atoms with Gasteiger partial charge in [-0.2, -0.15) is 4.31 Å². The molecule has 2 aromatic rings. The van der Waals surface area contributed by atoms with E-state index in [9.17, 15) is 13.2 Å². The lowest BCUT2D eigenvalue weighted by Crippen LogP contribution is -2.44. The average molecular weight is 433 g/mol. The molecule has 1 spiro atoms. The second-order valence-corrected chi connectivity index (χ2v) is 10.1. The Balaban J connectivity index is 1.38. The Labute approximate surface area is 177 Å². The molecule has 1 amide bonds. The van der Waals surface area contributed by atoms with Gasteiger partial charge in [-0.1, -0.05) is 0 Å². The van der Waals surface area contributed by atoms with Crippen molar-refractivity contribution in [2.24, 2.45) is 12.5 Å². The molecule has 0 bridgehead atoms. The molecule has 9 heteroatoms. The number of ether oxygens (including phenoxy) is 1. The van der Waals surface area contributed by atoms with E-state index in [4.69, 9.17) is 4.74 Å². The van der Waals surface area contributed by atoms with Gasteiger partial charge in [0.2, 0.25) is 0 Å². The van der Waals surface area contributed by atoms with Gasteiger partial charge in [0.25, 0.3) is 15.9 Å². The minimum atomic E-state index is -3.57. The first-order valence-electron chi connectivity index (χ1n) is 10.3. The van der Waals surface area contributed by atoms with Gasteiger partial charge in [0, 0.05) is 45.0 Å². The lowest BCUT2D eigenvalue weighted by atomic mass is 9.78. The van der Waals surface area contributed by atoms with Crippen LogP contribution in [-0.2, 0) is 17.1 Å². The molecule has 0 unspecified atom stereocenters. The van der Waals surface area contributed by atoms with Crippen molar-refractivity contribution in [2.45, 2.75) is 31.2 Å². The number of nitrogens with zero attached hydrogens (tertiary/aromatic N) is 4. The number of benzene rings is 1. The van der Waals surface area contributed by atoms with Crippen LogP contribution in [0, 0.1) is 5.41 Å². The lowest BCUT2D eigenvalue weighted by Gasteiger charge is -2.39. The maximum absolute atomic E-state index is 12.9. The zero-order valence-corrected chi connectivity index (χ0v) is 18.3. The van der Waals surface area contributed by atoms with Crippen LogP contribution in [0.5, 0.6) is 5.75 Å². The summed E-state index contributed by atoms with van der Waals surface area (Å²) in [5.41, 5.74) is 0.595. The van der Waals surface area contributed by atoms with Gasteiger partial charge >= 0.3 is 0 Å². The third-order valence-corrected chi connectivity index (χ3v) is 7.94. The van der Waals surface area contributed by atoms with E-state index in [0.717, 1.165) is 25.0 Å². The number of sulfonamides is 1. The van der Waals surface area contributed by atoms with Gasteiger partial charge in [-0.3, -0.25) is 4.79 Å². The summed E-state index contributed by atoms with van der Waals surface area (Å²) in [6.07, 6.45) is 5.49. The number of carbonyl (C=O) groups excluding carboxylic acids is 1. The van der Waals surface area contributed by atoms with Crippen LogP contribution in [0.4, 0.5) is 0 Å². The predicted molar refractivity (Wildman–Crippen MR) is 112 cm³/mol. The first kappa shape index (κ1) is 20.9. The second-order valence-electron chi connectivity index (χ2n) is 8.22. The van der Waals surface area contributed by atoms with Gasteiger partial charge in [-0.15, -0.1) is 0 Å². The van der Waals surface area contributed by atoms with Crippen molar-refractivity contribution in [3.8, 4) is 5.75 Å². The van der Waals surface area contributed by atoms with E-state index in [1.807, 2.05) is 24.0 Å². The van der Waals surface area contributed by atoms with Gasteiger partial charge in [0.15, 0.2) is 5.03 Å². The number of likely N-dealkylation sites (tertiary alicyclic amines) is 1. The van der Waals surface area contributed by atoms with Crippen molar-refractivity contribution in [1.29, 1.82) is 0 Å². The molecular weight excluding hydrogens is 404 g/mol. The Morgan fingerprint density at radius 2 is 1.80 bits per heavy atom. The summed E-state index contributed by atoms with van der Waals surface area (Å²) in [4.78, 5) is 18.7. The predicted octanol–water partition coefficient (Wildman–Crippen LogP) is 2.14. The second kappa shape index (κ2) is 8.03. The summed E-state index contributed by atoms with van der Waals surface area (Å²) in [6, 6.07) is 7.24. The van der Waals surface area contributed by atoms with Crippen molar-refractivity contribution in [2.75, 3.05) is 32.8 Å². The molecule has 2 fully saturated rings. The van der Waals surface area contributed by atoms with E-state index in [-0.39, 0.29) is 16.3 Å². The first-order chi connectivity index (χ1) is 14.3. The summed E-state index contributed by atoms with van der Waals surface area (Å²) in [5.74, 6) is 0.774. The fraction of sp³-hybridized carbons (Fsp3) is 0.524. The number of rotatable bonds is 5. The van der Waals surface area contributed by atoms with Gasteiger partial charge < -0.3 is 14.2 Å². The van der Waals surface area contributed by atoms with Crippen LogP contribution in [0.1, 0.15) is 36.5 Å². The van der Waals surface area contributed by atoms with Crippen molar-refractivity contribution in [3.63, 3.8) is 0 Å². The number of piperidine rings is 1. The number of aromatic nitrogens is 2. The minimum absolute atomic E-state index is 0.0175. The van der Waals surface area contributed by atoms with Crippen molar-refractivity contribution >= 4 is 15.9 Å². The highest BCUT2D eigenvalue weighted by Crippen LogP contribution is 2.42. The van der Waals surface area contributed by atoms with Crippen LogP contribution in [0.2, 0.25) is 0 Å². The molecule has 1 aromatic heterocycles. The number of hydrogen-bond donors (Lipinski definition) is 0. The molecular formula is C21H28N4O4S. The van der Waals surface area contributed by atoms with Crippen molar-refractivity contribution < 1.29 is 17.9 Å². The number of amides is 1. The summed E-state index contributed by atoms with van der Waals surface area (Å²) >= 11 is 0. The van der Waals surface area contributed by atoms with Crippen LogP contribution < -0.4 is 4.74 Å². The standard InChI is InChI=1S/C21H28N4O4S/c1-3-29-18-6-4-17(5-7-18)20(26)24-11-8-21(9-12-24)10-13-25(15-21)30(27,28)19-14-23(2)16-22-19/h4-7,14,16H,3,8-13,15H2,1-2H3. The molecule has 0 atom stereocenters. The Bertz CT molecular complexity index is 1010. The van der Waals surface area contributed by atoms with Gasteiger partial charge in [0.05, 0.1) is 12.9 Å². The number of imidazole rings is 1. The first-order valence-corrected chi connectivity index (χ1v) is 11.8. The van der Waals surface area contributed by atoms with Gasteiger partial charge in [-0.25, -0.2) is 13.4 Å². The van der Waals surface area contributed by atoms with Crippen molar-refractivity contribution in [3.05, 3.63) is 42.4 Å². The summed E-state index contributed by atoms with van der Waals surface area (Å²) in [7, 11) is -1.81. The van der Waals surface area contributed by atoms with Crippen molar-refractivity contribution in [1.82, 2.24) is 18.8 Å². The molecule has 0 aliphatic carbocycles. The van der Waals surface area contributed by atoms with E-state index in [1.165, 1.54) is 6.33 Å². The molecule has 8 nitrogen and oxygen atoms in total. The van der Waals surface area contributed by atoms with Crippen LogP contribution in [0.25, 0.3) is 0 Å². The zero-order valence-electron chi connectivity index (χ0n) is 17.5. The highest BCUT2D eigenvalue weighted by Gasteiger charge is 2.45. The Kier molecular flexibility index (Phi) is 5.59. The fourth-order valence-electron chi connectivity index (χ4n) is 4.39. The summed E-state index contributed by atoms with van der Waals surface area (Å²) in [6.45, 7) is 4.80. The zero-order chi connectivity index (χ0) is 21.4. The molecule has 0 N–H and O–H groups in total. The maximum Gasteiger partial charge on any atom is 0.262 e. The molecule has 3 heterocycles. The number of aryl methyl sites for hydroxylation is 1. The van der Waals surface area contributed by atoms with Crippen LogP contribution in [-0.4, -0.2) is 65.9 Å². The largest absolute Gasteiger partial charge is 0.494 e. The van der Waals surface area contributed by atoms with Gasteiger partial charge in [0.1, 0.15) is 5.75 Å². The molecule has 0 radical (unpaired) electrons. The highest BCUT2D eigenvalue weighted by atomic mass is 32.2. The Morgan fingerprint density at radius 3 is 2.40 bits per heavy atom. The smallest absolute Gasteiger partial charge is 0.262 e. The van der Waals surface area contributed by atoms with Gasteiger partial charge in [-0.05, 0) is 55.9 Å². The molecule has 162 valence electrons. The highest BCUT2D eigenvalue weighted by molar-refractivity contribution is 7.89. The normalized spacial score (nSPS) is 19.3. The van der Waals surface area contributed by atoms with Crippen LogP contribution in [0.3, 0.4) is 0 Å². The Hall–Kier alpha value is -2.39. The molecule has 2 aliphatic rings. The monoisotopic (exact) mass is 432 g/mol. The third kappa shape index (κ3) is 3.96. The SMILES string of the molecule is CCOc1ccc(C(=O)N2CCC3(CC2)CCN(S(=O)(=O)c2cn(C)cn2)C3)cc1. The van der Waals surface area contributed by atoms with E-state index in [1.54, 1.807) is 34.2 Å². The van der Waals surface area contributed by atoms with Crippen LogP contribution >= 0.6 is 0 Å². The van der Waals surface area contributed by atoms with E-state index < -0.39 is 10.0 Å². The van der Waals surface area contributed by atoms with Crippen LogP contribution in [0.15, 0.2) is 41.8 Å². The maximum atomic E-state index is 12.9. The van der Waals surface area contributed by atoms with E-state index in [2.05, 4.69) is 4.98 Å².